The van der Waals surface area contributed by atoms with Crippen LogP contribution in [-0.2, 0) is 10.5 Å². The summed E-state index contributed by atoms with van der Waals surface area (Å²) in [6.45, 7) is 2.97. The number of aliphatic hydroxyl groups is 1. The summed E-state index contributed by atoms with van der Waals surface area (Å²) in [5.74, 6) is 1.67. The Bertz CT molecular complexity index is 427. The Hall–Kier alpha value is -1.07. The molecule has 1 amide bonds. The van der Waals surface area contributed by atoms with Crippen LogP contribution in [-0.4, -0.2) is 45.8 Å². The molecule has 1 N–H and O–H groups in total. The van der Waals surface area contributed by atoms with E-state index in [0.29, 0.717) is 18.3 Å². The lowest BCUT2D eigenvalue weighted by molar-refractivity contribution is -0.133. The van der Waals surface area contributed by atoms with Crippen LogP contribution in [0.1, 0.15) is 25.5 Å². The molecule has 1 aromatic rings. The SMILES string of the molecule is CC1CCC(CO)CN1C(=O)CSCc1ccccn1. The second-order valence-electron chi connectivity index (χ2n) is 5.33. The number of pyridine rings is 1. The minimum absolute atomic E-state index is 0.177. The van der Waals surface area contributed by atoms with Crippen molar-refractivity contribution >= 4 is 17.7 Å². The van der Waals surface area contributed by atoms with Crippen LogP contribution >= 0.6 is 11.8 Å². The van der Waals surface area contributed by atoms with Gasteiger partial charge in [-0.2, -0.15) is 0 Å². The number of nitrogens with zero attached hydrogens (tertiary/aromatic N) is 2. The van der Waals surface area contributed by atoms with E-state index in [-0.39, 0.29) is 18.4 Å². The highest BCUT2D eigenvalue weighted by Crippen LogP contribution is 2.22. The summed E-state index contributed by atoms with van der Waals surface area (Å²) in [7, 11) is 0. The van der Waals surface area contributed by atoms with E-state index in [1.807, 2.05) is 23.1 Å². The first kappa shape index (κ1) is 15.3. The molecule has 1 saturated heterocycles. The van der Waals surface area contributed by atoms with Crippen LogP contribution < -0.4 is 0 Å². The molecule has 1 fully saturated rings. The fraction of sp³-hybridized carbons (Fsp3) is 0.600. The van der Waals surface area contributed by atoms with Crippen LogP contribution in [0.15, 0.2) is 24.4 Å². The molecule has 2 heterocycles. The molecule has 20 heavy (non-hydrogen) atoms. The predicted molar refractivity (Wildman–Crippen MR) is 81.4 cm³/mol. The number of likely N-dealkylation sites (tertiary alicyclic amines) is 1. The molecule has 110 valence electrons. The Labute approximate surface area is 124 Å². The van der Waals surface area contributed by atoms with Crippen LogP contribution in [0, 0.1) is 5.92 Å². The van der Waals surface area contributed by atoms with Crippen LogP contribution in [0.2, 0.25) is 0 Å². The number of thioether (sulfide) groups is 1. The third-order valence-electron chi connectivity index (χ3n) is 3.76. The Morgan fingerprint density at radius 3 is 3.05 bits per heavy atom. The Kier molecular flexibility index (Phi) is 5.86. The molecule has 0 saturated carbocycles. The Balaban J connectivity index is 1.79. The van der Waals surface area contributed by atoms with E-state index in [1.54, 1.807) is 18.0 Å². The summed E-state index contributed by atoms with van der Waals surface area (Å²) in [6, 6.07) is 6.12. The van der Waals surface area contributed by atoms with Gasteiger partial charge in [0.05, 0.1) is 11.4 Å². The monoisotopic (exact) mass is 294 g/mol. The first-order valence-corrected chi connectivity index (χ1v) is 8.24. The molecule has 1 aliphatic heterocycles. The van der Waals surface area contributed by atoms with Gasteiger partial charge in [-0.1, -0.05) is 6.07 Å². The molecule has 0 bridgehead atoms. The van der Waals surface area contributed by atoms with Crippen LogP contribution in [0.4, 0.5) is 0 Å². The topological polar surface area (TPSA) is 53.4 Å². The van der Waals surface area contributed by atoms with Gasteiger partial charge in [-0.3, -0.25) is 9.78 Å². The van der Waals surface area contributed by atoms with Gasteiger partial charge in [0.1, 0.15) is 0 Å². The highest BCUT2D eigenvalue weighted by atomic mass is 32.2. The van der Waals surface area contributed by atoms with E-state index >= 15 is 0 Å². The van der Waals surface area contributed by atoms with Gasteiger partial charge in [-0.05, 0) is 37.8 Å². The molecular weight excluding hydrogens is 272 g/mol. The van der Waals surface area contributed by atoms with Crippen molar-refractivity contribution in [2.45, 2.75) is 31.6 Å². The molecule has 2 atom stereocenters. The number of aliphatic hydroxyl groups excluding tert-OH is 1. The maximum atomic E-state index is 12.3. The number of amides is 1. The third kappa shape index (κ3) is 4.21. The van der Waals surface area contributed by atoms with Gasteiger partial charge in [0, 0.05) is 31.1 Å². The lowest BCUT2D eigenvalue weighted by Crippen LogP contribution is -2.47. The second kappa shape index (κ2) is 7.64. The van der Waals surface area contributed by atoms with Crippen molar-refractivity contribution in [3.63, 3.8) is 0 Å². The molecular formula is C15H22N2O2S. The number of hydrogen-bond acceptors (Lipinski definition) is 4. The molecule has 0 radical (unpaired) electrons. The number of carbonyl (C=O) groups excluding carboxylic acids is 1. The number of carbonyl (C=O) groups is 1. The standard InChI is InChI=1S/C15H22N2O2S/c1-12-5-6-13(9-18)8-17(12)15(19)11-20-10-14-4-2-3-7-16-14/h2-4,7,12-13,18H,5-6,8-11H2,1H3. The number of piperidine rings is 1. The minimum atomic E-state index is 0.177. The average Bonchev–Trinajstić information content (AvgIpc) is 2.48. The van der Waals surface area contributed by atoms with Crippen LogP contribution in [0.5, 0.6) is 0 Å². The predicted octanol–water partition coefficient (Wildman–Crippen LogP) is 1.93. The summed E-state index contributed by atoms with van der Waals surface area (Å²) >= 11 is 1.60. The van der Waals surface area contributed by atoms with Crippen molar-refractivity contribution in [3.8, 4) is 0 Å². The van der Waals surface area contributed by atoms with Gasteiger partial charge in [0.25, 0.3) is 0 Å². The van der Waals surface area contributed by atoms with E-state index in [9.17, 15) is 9.90 Å². The van der Waals surface area contributed by atoms with Gasteiger partial charge >= 0.3 is 0 Å². The zero-order valence-electron chi connectivity index (χ0n) is 11.9. The van der Waals surface area contributed by atoms with Crippen LogP contribution in [0.3, 0.4) is 0 Å². The lowest BCUT2D eigenvalue weighted by atomic mass is 9.94. The first-order chi connectivity index (χ1) is 9.70. The van der Waals surface area contributed by atoms with Gasteiger partial charge in [-0.25, -0.2) is 0 Å². The van der Waals surface area contributed by atoms with Crippen molar-refractivity contribution in [2.75, 3.05) is 18.9 Å². The molecule has 0 spiro atoms. The van der Waals surface area contributed by atoms with Crippen molar-refractivity contribution < 1.29 is 9.90 Å². The normalized spacial score (nSPS) is 22.8. The van der Waals surface area contributed by atoms with Crippen molar-refractivity contribution in [2.24, 2.45) is 5.92 Å². The first-order valence-electron chi connectivity index (χ1n) is 7.08. The Morgan fingerprint density at radius 1 is 1.50 bits per heavy atom. The molecule has 2 unspecified atom stereocenters. The fourth-order valence-electron chi connectivity index (χ4n) is 2.49. The zero-order chi connectivity index (χ0) is 14.4. The molecule has 1 aliphatic rings. The van der Waals surface area contributed by atoms with Gasteiger partial charge in [0.2, 0.25) is 5.91 Å². The molecule has 0 aromatic carbocycles. The summed E-state index contributed by atoms with van der Waals surface area (Å²) in [5, 5.41) is 9.25. The lowest BCUT2D eigenvalue weighted by Gasteiger charge is -2.37. The number of hydrogen-bond donors (Lipinski definition) is 1. The minimum Gasteiger partial charge on any atom is -0.396 e. The van der Waals surface area contributed by atoms with E-state index in [0.717, 1.165) is 24.3 Å². The van der Waals surface area contributed by atoms with Gasteiger partial charge in [0.15, 0.2) is 0 Å². The highest BCUT2D eigenvalue weighted by molar-refractivity contribution is 7.99. The molecule has 2 rings (SSSR count). The van der Waals surface area contributed by atoms with Gasteiger partial charge in [-0.15, -0.1) is 11.8 Å². The molecule has 1 aromatic heterocycles. The van der Waals surface area contributed by atoms with E-state index in [1.165, 1.54) is 0 Å². The van der Waals surface area contributed by atoms with Gasteiger partial charge < -0.3 is 10.0 Å². The van der Waals surface area contributed by atoms with Crippen molar-refractivity contribution in [1.29, 1.82) is 0 Å². The second-order valence-corrected chi connectivity index (χ2v) is 6.32. The average molecular weight is 294 g/mol. The summed E-state index contributed by atoms with van der Waals surface area (Å²) in [6.07, 6.45) is 3.78. The smallest absolute Gasteiger partial charge is 0.232 e. The fourth-order valence-corrected chi connectivity index (χ4v) is 3.31. The Morgan fingerprint density at radius 2 is 2.35 bits per heavy atom. The molecule has 4 nitrogen and oxygen atoms in total. The van der Waals surface area contributed by atoms with E-state index in [4.69, 9.17) is 0 Å². The third-order valence-corrected chi connectivity index (χ3v) is 4.71. The van der Waals surface area contributed by atoms with Crippen LogP contribution in [0.25, 0.3) is 0 Å². The molecule has 0 aliphatic carbocycles. The zero-order valence-corrected chi connectivity index (χ0v) is 12.7. The van der Waals surface area contributed by atoms with Crippen molar-refractivity contribution in [1.82, 2.24) is 9.88 Å². The summed E-state index contributed by atoms with van der Waals surface area (Å²) in [4.78, 5) is 18.4. The van der Waals surface area contributed by atoms with E-state index < -0.39 is 0 Å². The quantitative estimate of drug-likeness (QED) is 0.901. The van der Waals surface area contributed by atoms with Crippen molar-refractivity contribution in [3.05, 3.63) is 30.1 Å². The number of aromatic nitrogens is 1. The van der Waals surface area contributed by atoms with E-state index in [2.05, 4.69) is 11.9 Å². The largest absolute Gasteiger partial charge is 0.396 e. The maximum Gasteiger partial charge on any atom is 0.232 e. The highest BCUT2D eigenvalue weighted by Gasteiger charge is 2.28. The number of rotatable bonds is 5. The summed E-state index contributed by atoms with van der Waals surface area (Å²) < 4.78 is 0. The summed E-state index contributed by atoms with van der Waals surface area (Å²) in [5.41, 5.74) is 1.00. The molecule has 5 heteroatoms. The maximum absolute atomic E-state index is 12.3.